The second-order valence-electron chi connectivity index (χ2n) is 7.82. The third-order valence-corrected chi connectivity index (χ3v) is 5.59. The van der Waals surface area contributed by atoms with Crippen molar-refractivity contribution in [3.8, 4) is 5.75 Å². The van der Waals surface area contributed by atoms with Crippen molar-refractivity contribution >= 4 is 12.0 Å². The summed E-state index contributed by atoms with van der Waals surface area (Å²) in [6.07, 6.45) is 8.22. The van der Waals surface area contributed by atoms with Gasteiger partial charge in [-0.05, 0) is 42.0 Å². The minimum absolute atomic E-state index is 0.182. The number of hydrogen-bond acceptors (Lipinski definition) is 3. The predicted octanol–water partition coefficient (Wildman–Crippen LogP) is 4.24. The first-order valence-electron chi connectivity index (χ1n) is 9.98. The molecule has 0 bridgehead atoms. The summed E-state index contributed by atoms with van der Waals surface area (Å²) >= 11 is 0. The molecule has 0 amide bonds. The SMILES string of the molecule is CCCCCCOc1ccc2c(c1)C[C@@H](C)C(CN1CC(C(=O)O)C1)=C2. The number of carboxylic acid groups (broad SMARTS) is 1. The zero-order valence-electron chi connectivity index (χ0n) is 16.0. The van der Waals surface area contributed by atoms with Crippen molar-refractivity contribution in [1.29, 1.82) is 0 Å². The smallest absolute Gasteiger partial charge is 0.309 e. The molecule has 1 aromatic carbocycles. The average Bonchev–Trinajstić information content (AvgIpc) is 2.57. The number of aliphatic carboxylic acids is 1. The van der Waals surface area contributed by atoms with Crippen LogP contribution in [-0.4, -0.2) is 42.2 Å². The van der Waals surface area contributed by atoms with Crippen LogP contribution < -0.4 is 4.74 Å². The average molecular weight is 357 g/mol. The molecule has 4 heteroatoms. The Bertz CT molecular complexity index is 661. The summed E-state index contributed by atoms with van der Waals surface area (Å²) in [5.41, 5.74) is 4.06. The highest BCUT2D eigenvalue weighted by Crippen LogP contribution is 2.32. The molecule has 2 aliphatic rings. The Hall–Kier alpha value is -1.81. The molecular formula is C22H31NO3. The summed E-state index contributed by atoms with van der Waals surface area (Å²) in [7, 11) is 0. The number of likely N-dealkylation sites (tertiary alicyclic amines) is 1. The van der Waals surface area contributed by atoms with Gasteiger partial charge in [0.15, 0.2) is 0 Å². The molecule has 1 heterocycles. The monoisotopic (exact) mass is 357 g/mol. The number of rotatable bonds is 9. The van der Waals surface area contributed by atoms with E-state index in [-0.39, 0.29) is 5.92 Å². The molecule has 26 heavy (non-hydrogen) atoms. The van der Waals surface area contributed by atoms with Crippen molar-refractivity contribution in [3.05, 3.63) is 34.9 Å². The molecule has 1 fully saturated rings. The summed E-state index contributed by atoms with van der Waals surface area (Å²) in [5.74, 6) is 0.626. The van der Waals surface area contributed by atoms with E-state index >= 15 is 0 Å². The molecule has 0 radical (unpaired) electrons. The Kier molecular flexibility index (Phi) is 6.36. The molecule has 0 aromatic heterocycles. The lowest BCUT2D eigenvalue weighted by molar-refractivity contribution is -0.147. The van der Waals surface area contributed by atoms with Crippen LogP contribution in [0.15, 0.2) is 23.8 Å². The number of fused-ring (bicyclic) bond motifs is 1. The molecule has 142 valence electrons. The summed E-state index contributed by atoms with van der Waals surface area (Å²) in [5, 5.41) is 9.02. The molecule has 1 aromatic rings. The fraction of sp³-hybridized carbons (Fsp3) is 0.591. The van der Waals surface area contributed by atoms with Crippen LogP contribution in [0, 0.1) is 11.8 Å². The molecule has 1 atom stereocenters. The molecule has 1 N–H and O–H groups in total. The lowest BCUT2D eigenvalue weighted by Gasteiger charge is -2.38. The van der Waals surface area contributed by atoms with E-state index in [1.54, 1.807) is 0 Å². The number of carboxylic acids is 1. The van der Waals surface area contributed by atoms with Crippen molar-refractivity contribution in [2.24, 2.45) is 11.8 Å². The Labute approximate surface area is 156 Å². The number of nitrogens with zero attached hydrogens (tertiary/aromatic N) is 1. The van der Waals surface area contributed by atoms with Crippen LogP contribution in [0.4, 0.5) is 0 Å². The maximum Gasteiger partial charge on any atom is 0.309 e. The van der Waals surface area contributed by atoms with Gasteiger partial charge in [-0.2, -0.15) is 0 Å². The highest BCUT2D eigenvalue weighted by atomic mass is 16.5. The Morgan fingerprint density at radius 1 is 1.27 bits per heavy atom. The van der Waals surface area contributed by atoms with Gasteiger partial charge in [-0.3, -0.25) is 9.69 Å². The first-order valence-corrected chi connectivity index (χ1v) is 9.98. The zero-order chi connectivity index (χ0) is 18.5. The number of unbranched alkanes of at least 4 members (excludes halogenated alkanes) is 3. The minimum Gasteiger partial charge on any atom is -0.494 e. The van der Waals surface area contributed by atoms with E-state index in [2.05, 4.69) is 43.0 Å². The largest absolute Gasteiger partial charge is 0.494 e. The highest BCUT2D eigenvalue weighted by Gasteiger charge is 2.33. The molecule has 0 saturated carbocycles. The summed E-state index contributed by atoms with van der Waals surface area (Å²) in [4.78, 5) is 13.2. The van der Waals surface area contributed by atoms with E-state index in [9.17, 15) is 4.79 Å². The van der Waals surface area contributed by atoms with Crippen molar-refractivity contribution in [3.63, 3.8) is 0 Å². The summed E-state index contributed by atoms with van der Waals surface area (Å²) in [6.45, 7) is 7.53. The Morgan fingerprint density at radius 3 is 2.81 bits per heavy atom. The van der Waals surface area contributed by atoms with Crippen LogP contribution in [0.2, 0.25) is 0 Å². The van der Waals surface area contributed by atoms with Gasteiger partial charge in [0.25, 0.3) is 0 Å². The number of ether oxygens (including phenoxy) is 1. The Balaban J connectivity index is 1.56. The fourth-order valence-electron chi connectivity index (χ4n) is 3.83. The topological polar surface area (TPSA) is 49.8 Å². The lowest BCUT2D eigenvalue weighted by atomic mass is 9.83. The lowest BCUT2D eigenvalue weighted by Crippen LogP contribution is -2.51. The number of benzene rings is 1. The van der Waals surface area contributed by atoms with Crippen molar-refractivity contribution in [2.45, 2.75) is 46.0 Å². The quantitative estimate of drug-likeness (QED) is 0.672. The van der Waals surface area contributed by atoms with Gasteiger partial charge in [-0.15, -0.1) is 0 Å². The maximum absolute atomic E-state index is 11.0. The van der Waals surface area contributed by atoms with Gasteiger partial charge in [0.2, 0.25) is 0 Å². The van der Waals surface area contributed by atoms with E-state index < -0.39 is 5.97 Å². The zero-order valence-corrected chi connectivity index (χ0v) is 16.0. The maximum atomic E-state index is 11.0. The molecule has 4 nitrogen and oxygen atoms in total. The van der Waals surface area contributed by atoms with Crippen LogP contribution >= 0.6 is 0 Å². The van der Waals surface area contributed by atoms with Crippen molar-refractivity contribution < 1.29 is 14.6 Å². The normalized spacial score (nSPS) is 20.2. The summed E-state index contributed by atoms with van der Waals surface area (Å²) < 4.78 is 5.92. The molecule has 1 aliphatic heterocycles. The van der Waals surface area contributed by atoms with Crippen LogP contribution in [0.3, 0.4) is 0 Å². The molecule has 3 rings (SSSR count). The van der Waals surface area contributed by atoms with Crippen LogP contribution in [0.1, 0.15) is 50.7 Å². The van der Waals surface area contributed by atoms with Crippen LogP contribution in [0.5, 0.6) is 5.75 Å². The third kappa shape index (κ3) is 4.67. The second kappa shape index (κ2) is 8.72. The fourth-order valence-corrected chi connectivity index (χ4v) is 3.83. The highest BCUT2D eigenvalue weighted by molar-refractivity contribution is 5.71. The van der Waals surface area contributed by atoms with Gasteiger partial charge in [0, 0.05) is 19.6 Å². The minimum atomic E-state index is -0.667. The van der Waals surface area contributed by atoms with Crippen molar-refractivity contribution in [1.82, 2.24) is 4.90 Å². The van der Waals surface area contributed by atoms with E-state index in [1.807, 2.05) is 0 Å². The van der Waals surface area contributed by atoms with Gasteiger partial charge in [-0.1, -0.05) is 50.8 Å². The first-order chi connectivity index (χ1) is 12.6. The number of hydrogen-bond donors (Lipinski definition) is 1. The van der Waals surface area contributed by atoms with Crippen LogP contribution in [-0.2, 0) is 11.2 Å². The molecule has 0 spiro atoms. The first kappa shape index (κ1) is 19.0. The van der Waals surface area contributed by atoms with Crippen molar-refractivity contribution in [2.75, 3.05) is 26.2 Å². The summed E-state index contributed by atoms with van der Waals surface area (Å²) in [6, 6.07) is 6.44. The van der Waals surface area contributed by atoms with Gasteiger partial charge in [0.1, 0.15) is 5.75 Å². The van der Waals surface area contributed by atoms with Gasteiger partial charge in [-0.25, -0.2) is 0 Å². The third-order valence-electron chi connectivity index (χ3n) is 5.59. The van der Waals surface area contributed by atoms with E-state index in [4.69, 9.17) is 9.84 Å². The van der Waals surface area contributed by atoms with Gasteiger partial charge in [0.05, 0.1) is 12.5 Å². The van der Waals surface area contributed by atoms with Gasteiger partial charge < -0.3 is 9.84 Å². The van der Waals surface area contributed by atoms with E-state index in [1.165, 1.54) is 36.0 Å². The molecular weight excluding hydrogens is 326 g/mol. The molecule has 1 aliphatic carbocycles. The van der Waals surface area contributed by atoms with Gasteiger partial charge >= 0.3 is 5.97 Å². The Morgan fingerprint density at radius 2 is 2.08 bits per heavy atom. The predicted molar refractivity (Wildman–Crippen MR) is 104 cm³/mol. The second-order valence-corrected chi connectivity index (χ2v) is 7.82. The van der Waals surface area contributed by atoms with Crippen LogP contribution in [0.25, 0.3) is 6.08 Å². The van der Waals surface area contributed by atoms with E-state index in [0.29, 0.717) is 19.0 Å². The number of carbonyl (C=O) groups is 1. The standard InChI is InChI=1S/C22H31NO3/c1-3-4-5-6-9-26-21-8-7-17-11-19(16(2)10-18(17)12-21)13-23-14-20(15-23)22(24)25/h7-8,11-12,16,20H,3-6,9-10,13-15H2,1-2H3,(H,24,25)/t16-/m1/s1. The molecule has 0 unspecified atom stereocenters. The molecule has 1 saturated heterocycles. The van der Waals surface area contributed by atoms with E-state index in [0.717, 1.165) is 31.7 Å².